The summed E-state index contributed by atoms with van der Waals surface area (Å²) in [5.74, 6) is -4.12. The van der Waals surface area contributed by atoms with E-state index >= 15 is 0 Å². The van der Waals surface area contributed by atoms with Gasteiger partial charge in [-0.1, -0.05) is 54.6 Å². The van der Waals surface area contributed by atoms with E-state index in [2.05, 4.69) is 0 Å². The summed E-state index contributed by atoms with van der Waals surface area (Å²) in [5, 5.41) is 0. The molecule has 0 radical (unpaired) electrons. The zero-order valence-corrected chi connectivity index (χ0v) is 20.5. The van der Waals surface area contributed by atoms with Crippen LogP contribution in [0, 0.1) is 5.92 Å². The highest BCUT2D eigenvalue weighted by atomic mass is 19.4. The summed E-state index contributed by atoms with van der Waals surface area (Å²) in [6.45, 7) is 2.03. The minimum Gasteiger partial charge on any atom is -0.457 e. The van der Waals surface area contributed by atoms with Crippen LogP contribution in [-0.4, -0.2) is 17.7 Å². The molecule has 0 amide bonds. The van der Waals surface area contributed by atoms with E-state index in [9.17, 15) is 40.7 Å². The van der Waals surface area contributed by atoms with Gasteiger partial charge in [0.15, 0.2) is 5.78 Å². The van der Waals surface area contributed by atoms with E-state index in [1.165, 1.54) is 24.3 Å². The van der Waals surface area contributed by atoms with Gasteiger partial charge < -0.3 is 9.47 Å². The van der Waals surface area contributed by atoms with E-state index in [0.29, 0.717) is 0 Å². The number of carbonyl (C=O) groups is 3. The van der Waals surface area contributed by atoms with Crippen LogP contribution in [0.4, 0.5) is 26.3 Å². The minimum absolute atomic E-state index is 0.0310. The fourth-order valence-electron chi connectivity index (χ4n) is 4.01. The number of rotatable bonds is 8. The monoisotopic (exact) mass is 552 g/mol. The second kappa shape index (κ2) is 11.7. The molecule has 0 saturated heterocycles. The van der Waals surface area contributed by atoms with Crippen LogP contribution < -0.4 is 0 Å². The first-order valence-electron chi connectivity index (χ1n) is 11.5. The maximum Gasteiger partial charge on any atom is 0.416 e. The van der Waals surface area contributed by atoms with Gasteiger partial charge in [0.05, 0.1) is 11.1 Å². The molecule has 0 spiro atoms. The van der Waals surface area contributed by atoms with Crippen LogP contribution in [0.5, 0.6) is 0 Å². The Morgan fingerprint density at radius 2 is 0.949 bits per heavy atom. The highest BCUT2D eigenvalue weighted by Gasteiger charge is 2.42. The predicted octanol–water partition coefficient (Wildman–Crippen LogP) is 7.13. The molecule has 206 valence electrons. The van der Waals surface area contributed by atoms with Gasteiger partial charge in [-0.05, 0) is 35.4 Å². The number of esters is 2. The Balaban J connectivity index is 2.23. The van der Waals surface area contributed by atoms with Gasteiger partial charge in [-0.2, -0.15) is 26.3 Å². The smallest absolute Gasteiger partial charge is 0.416 e. The third-order valence-electron chi connectivity index (χ3n) is 5.73. The van der Waals surface area contributed by atoms with Crippen LogP contribution in [0.25, 0.3) is 0 Å². The first-order valence-corrected chi connectivity index (χ1v) is 11.5. The molecular weight excluding hydrogens is 530 g/mol. The van der Waals surface area contributed by atoms with Crippen molar-refractivity contribution in [1.29, 1.82) is 0 Å². The van der Waals surface area contributed by atoms with Gasteiger partial charge in [0.1, 0.15) is 18.1 Å². The minimum atomic E-state index is -4.67. The average Bonchev–Trinajstić information content (AvgIpc) is 2.87. The average molecular weight is 552 g/mol. The largest absolute Gasteiger partial charge is 0.457 e. The molecular formula is C28H22F6O5. The summed E-state index contributed by atoms with van der Waals surface area (Å²) in [7, 11) is 0. The third-order valence-corrected chi connectivity index (χ3v) is 5.73. The fourth-order valence-corrected chi connectivity index (χ4v) is 4.01. The van der Waals surface area contributed by atoms with Crippen molar-refractivity contribution in [3.8, 4) is 0 Å². The molecule has 0 fully saturated rings. The number of Topliss-reactive ketones (excluding diaryl/α,β-unsaturated/α-hetero) is 1. The van der Waals surface area contributed by atoms with Crippen molar-refractivity contribution in [3.05, 3.63) is 107 Å². The molecule has 0 aromatic heterocycles. The van der Waals surface area contributed by atoms with Crippen LogP contribution in [0.2, 0.25) is 0 Å². The summed E-state index contributed by atoms with van der Waals surface area (Å²) in [5.41, 5.74) is -1.99. The van der Waals surface area contributed by atoms with Crippen molar-refractivity contribution < 1.29 is 50.2 Å². The van der Waals surface area contributed by atoms with E-state index in [-0.39, 0.29) is 16.7 Å². The Kier molecular flexibility index (Phi) is 8.83. The van der Waals surface area contributed by atoms with Crippen LogP contribution in [0.1, 0.15) is 58.7 Å². The number of carbonyl (C=O) groups excluding carboxylic acids is 3. The number of halogens is 6. The van der Waals surface area contributed by atoms with Crippen LogP contribution in [0.15, 0.2) is 78.9 Å². The second-order valence-corrected chi connectivity index (χ2v) is 8.56. The van der Waals surface area contributed by atoms with E-state index in [1.807, 2.05) is 0 Å². The summed E-state index contributed by atoms with van der Waals surface area (Å²) < 4.78 is 89.9. The van der Waals surface area contributed by atoms with Gasteiger partial charge in [0, 0.05) is 19.4 Å². The molecule has 11 heteroatoms. The van der Waals surface area contributed by atoms with Crippen LogP contribution >= 0.6 is 0 Å². The zero-order chi connectivity index (χ0) is 29.0. The molecule has 0 heterocycles. The number of hydrogen-bond donors (Lipinski definition) is 0. The van der Waals surface area contributed by atoms with Gasteiger partial charge in [0.2, 0.25) is 0 Å². The van der Waals surface area contributed by atoms with Gasteiger partial charge in [-0.3, -0.25) is 14.4 Å². The summed E-state index contributed by atoms with van der Waals surface area (Å²) in [4.78, 5) is 38.1. The number of alkyl halides is 6. The van der Waals surface area contributed by atoms with Crippen molar-refractivity contribution in [2.75, 3.05) is 0 Å². The Morgan fingerprint density at radius 1 is 0.590 bits per heavy atom. The number of hydrogen-bond acceptors (Lipinski definition) is 5. The maximum atomic E-state index is 13.8. The highest BCUT2D eigenvalue weighted by Crippen LogP contribution is 2.42. The summed E-state index contributed by atoms with van der Waals surface area (Å²) >= 11 is 0. The number of benzene rings is 3. The van der Waals surface area contributed by atoms with Crippen molar-refractivity contribution in [2.45, 2.75) is 38.4 Å². The SMILES string of the molecule is CC(=O)O[C@@H](c1ccc(C(F)(F)F)cc1)C(C(=O)c1ccccc1)[C@@H](OC(C)=O)c1ccc(C(F)(F)F)cc1. The molecule has 2 atom stereocenters. The predicted molar refractivity (Wildman–Crippen MR) is 126 cm³/mol. The number of ketones is 1. The highest BCUT2D eigenvalue weighted by molar-refractivity contribution is 5.99. The molecule has 5 nitrogen and oxygen atoms in total. The Labute approximate surface area is 219 Å². The van der Waals surface area contributed by atoms with Gasteiger partial charge in [-0.15, -0.1) is 0 Å². The van der Waals surface area contributed by atoms with Gasteiger partial charge in [-0.25, -0.2) is 0 Å². The molecule has 0 N–H and O–H groups in total. The molecule has 0 aliphatic carbocycles. The number of ether oxygens (including phenoxy) is 2. The molecule has 39 heavy (non-hydrogen) atoms. The van der Waals surface area contributed by atoms with Crippen molar-refractivity contribution >= 4 is 17.7 Å². The molecule has 0 bridgehead atoms. The molecule has 3 aromatic rings. The second-order valence-electron chi connectivity index (χ2n) is 8.56. The molecule has 0 saturated carbocycles. The maximum absolute atomic E-state index is 13.8. The molecule has 3 rings (SSSR count). The van der Waals surface area contributed by atoms with E-state index in [1.54, 1.807) is 6.07 Å². The van der Waals surface area contributed by atoms with E-state index in [4.69, 9.17) is 9.47 Å². The van der Waals surface area contributed by atoms with Gasteiger partial charge >= 0.3 is 24.3 Å². The Hall–Kier alpha value is -4.15. The van der Waals surface area contributed by atoms with Crippen LogP contribution in [0.3, 0.4) is 0 Å². The lowest BCUT2D eigenvalue weighted by molar-refractivity contribution is -0.158. The Bertz CT molecular complexity index is 1220. The van der Waals surface area contributed by atoms with E-state index in [0.717, 1.165) is 62.4 Å². The third kappa shape index (κ3) is 7.46. The topological polar surface area (TPSA) is 69.7 Å². The Morgan fingerprint density at radius 3 is 1.26 bits per heavy atom. The lowest BCUT2D eigenvalue weighted by Crippen LogP contribution is -2.33. The molecule has 0 unspecified atom stereocenters. The fraction of sp³-hybridized carbons (Fsp3) is 0.250. The molecule has 0 aliphatic rings. The quantitative estimate of drug-likeness (QED) is 0.169. The first-order chi connectivity index (χ1) is 18.2. The van der Waals surface area contributed by atoms with Crippen molar-refractivity contribution in [3.63, 3.8) is 0 Å². The summed E-state index contributed by atoms with van der Waals surface area (Å²) in [6, 6.07) is 14.5. The van der Waals surface area contributed by atoms with Gasteiger partial charge in [0.25, 0.3) is 0 Å². The normalized spacial score (nSPS) is 13.5. The molecule has 0 aliphatic heterocycles. The lowest BCUT2D eigenvalue weighted by Gasteiger charge is -2.32. The zero-order valence-electron chi connectivity index (χ0n) is 20.5. The molecule has 3 aromatic carbocycles. The first kappa shape index (κ1) is 29.4. The standard InChI is InChI=1S/C28H22F6O5/c1-16(35)38-25(19-8-12-21(13-9-19)27(29,30)31)23(24(37)18-6-4-3-5-7-18)26(39-17(2)36)20-10-14-22(15-11-20)28(32,33)34/h3-15,23,25-26H,1-2H3/t25-,26-/m0/s1. The lowest BCUT2D eigenvalue weighted by atomic mass is 9.81. The van der Waals surface area contributed by atoms with Crippen molar-refractivity contribution in [2.24, 2.45) is 5.92 Å². The van der Waals surface area contributed by atoms with E-state index < -0.39 is 59.3 Å². The van der Waals surface area contributed by atoms with Crippen LogP contribution in [-0.2, 0) is 31.4 Å². The van der Waals surface area contributed by atoms with Crippen molar-refractivity contribution in [1.82, 2.24) is 0 Å². The summed E-state index contributed by atoms with van der Waals surface area (Å²) in [6.07, 6.45) is -12.5.